The van der Waals surface area contributed by atoms with Gasteiger partial charge in [-0.25, -0.2) is 6.07 Å². The number of aryl methyl sites for hydroxylation is 2. The molecule has 0 aromatic heterocycles. The van der Waals surface area contributed by atoms with Crippen LogP contribution in [0.25, 0.3) is 0 Å². The molecule has 0 radical (unpaired) electrons. The van der Waals surface area contributed by atoms with Crippen LogP contribution in [0.5, 0.6) is 0 Å². The van der Waals surface area contributed by atoms with Gasteiger partial charge in [0.25, 0.3) is 0 Å². The van der Waals surface area contributed by atoms with Gasteiger partial charge in [0, 0.05) is 0 Å². The fourth-order valence-electron chi connectivity index (χ4n) is 1.16. The molecule has 0 bridgehead atoms. The molecule has 0 saturated heterocycles. The van der Waals surface area contributed by atoms with Crippen LogP contribution in [0.2, 0.25) is 0 Å². The first kappa shape index (κ1) is 19.8. The summed E-state index contributed by atoms with van der Waals surface area (Å²) in [6.07, 6.45) is 3.87. The second kappa shape index (κ2) is 13.3. The molecule has 1 nitrogen and oxygen atoms in total. The fourth-order valence-corrected chi connectivity index (χ4v) is 1.16. The van der Waals surface area contributed by atoms with Crippen molar-refractivity contribution in [1.29, 1.82) is 0 Å². The van der Waals surface area contributed by atoms with Gasteiger partial charge < -0.3 is 24.8 Å². The Morgan fingerprint density at radius 1 is 1.36 bits per heavy atom. The van der Waals surface area contributed by atoms with E-state index in [2.05, 4.69) is 32.0 Å². The Kier molecular flexibility index (Phi) is 18.9. The summed E-state index contributed by atoms with van der Waals surface area (Å²) < 4.78 is 8.19. The molecule has 0 aliphatic rings. The van der Waals surface area contributed by atoms with Crippen molar-refractivity contribution in [1.82, 2.24) is 0 Å². The molecule has 0 unspecified atom stereocenters. The molecule has 0 aliphatic heterocycles. The quantitative estimate of drug-likeness (QED) is 0.535. The van der Waals surface area contributed by atoms with Gasteiger partial charge in [-0.1, -0.05) is 33.1 Å². The SMILES string of the molecule is CCCCc1cc[c-](C)c1.[Cl-].[Cl-].[O]=[V+2]. The molecule has 14 heavy (non-hydrogen) atoms. The summed E-state index contributed by atoms with van der Waals surface area (Å²) in [5, 5.41) is 0. The van der Waals surface area contributed by atoms with Gasteiger partial charge in [0.05, 0.1) is 0 Å². The maximum absolute atomic E-state index is 8.19. The molecule has 0 fully saturated rings. The monoisotopic (exact) mass is 272 g/mol. The summed E-state index contributed by atoms with van der Waals surface area (Å²) in [4.78, 5) is 0. The molecule has 0 spiro atoms. The minimum atomic E-state index is 0. The average Bonchev–Trinajstić information content (AvgIpc) is 2.51. The third kappa shape index (κ3) is 8.89. The molecular formula is C10H15Cl2OV-. The third-order valence-corrected chi connectivity index (χ3v) is 1.79. The van der Waals surface area contributed by atoms with Gasteiger partial charge in [0.1, 0.15) is 0 Å². The molecule has 0 aliphatic carbocycles. The number of halogens is 2. The van der Waals surface area contributed by atoms with Crippen molar-refractivity contribution >= 4 is 0 Å². The normalized spacial score (nSPS) is 7.71. The van der Waals surface area contributed by atoms with E-state index in [1.165, 1.54) is 30.4 Å². The number of hydrogen-bond donors (Lipinski definition) is 0. The zero-order valence-corrected chi connectivity index (χ0v) is 11.4. The Morgan fingerprint density at radius 2 is 1.93 bits per heavy atom. The second-order valence-electron chi connectivity index (χ2n) is 2.90. The predicted molar refractivity (Wildman–Crippen MR) is 46.1 cm³/mol. The summed E-state index contributed by atoms with van der Waals surface area (Å²) in [5.41, 5.74) is 2.89. The van der Waals surface area contributed by atoms with E-state index < -0.39 is 0 Å². The zero-order chi connectivity index (χ0) is 9.40. The van der Waals surface area contributed by atoms with Crippen LogP contribution < -0.4 is 24.8 Å². The van der Waals surface area contributed by atoms with Crippen LogP contribution in [0.1, 0.15) is 30.9 Å². The number of unbranched alkanes of at least 4 members (excludes halogenated alkanes) is 1. The standard InChI is InChI=1S/C10H15.2ClH.O.V/c1-3-4-5-10-7-6-9(2)8-10;;;;/h6-8H,3-5H2,1-2H3;2*1H;;/q-1;;;;+2/p-2. The third-order valence-electron chi connectivity index (χ3n) is 1.79. The van der Waals surface area contributed by atoms with Crippen LogP contribution in [0.3, 0.4) is 0 Å². The Bertz CT molecular complexity index is 214. The minimum absolute atomic E-state index is 0. The van der Waals surface area contributed by atoms with Crippen molar-refractivity contribution in [3.63, 3.8) is 0 Å². The van der Waals surface area contributed by atoms with Crippen molar-refractivity contribution in [2.75, 3.05) is 0 Å². The topological polar surface area (TPSA) is 17.1 Å². The summed E-state index contributed by atoms with van der Waals surface area (Å²) in [5.74, 6) is 0. The van der Waals surface area contributed by atoms with E-state index >= 15 is 0 Å². The first-order valence-electron chi connectivity index (χ1n) is 4.23. The molecule has 0 heterocycles. The van der Waals surface area contributed by atoms with Gasteiger partial charge in [0.2, 0.25) is 0 Å². The van der Waals surface area contributed by atoms with E-state index in [-0.39, 0.29) is 24.8 Å². The first-order chi connectivity index (χ1) is 5.83. The summed E-state index contributed by atoms with van der Waals surface area (Å²) >= 11 is 1.06. The summed E-state index contributed by atoms with van der Waals surface area (Å²) in [6.45, 7) is 4.38. The maximum atomic E-state index is 8.19. The van der Waals surface area contributed by atoms with Crippen molar-refractivity contribution in [3.8, 4) is 0 Å². The summed E-state index contributed by atoms with van der Waals surface area (Å²) in [6, 6.07) is 6.69. The van der Waals surface area contributed by atoms with Gasteiger partial charge in [-0.15, -0.1) is 0 Å². The predicted octanol–water partition coefficient (Wildman–Crippen LogP) is -3.06. The average molecular weight is 273 g/mol. The number of hydrogen-bond acceptors (Lipinski definition) is 1. The van der Waals surface area contributed by atoms with Crippen LogP contribution in [-0.4, -0.2) is 0 Å². The Hall–Kier alpha value is 0.314. The van der Waals surface area contributed by atoms with Gasteiger partial charge in [-0.2, -0.15) is 23.3 Å². The van der Waals surface area contributed by atoms with Crippen molar-refractivity contribution < 1.29 is 45.9 Å². The molecule has 0 N–H and O–H groups in total. The molecule has 81 valence electrons. The summed E-state index contributed by atoms with van der Waals surface area (Å²) in [7, 11) is 0. The van der Waals surface area contributed by atoms with Crippen LogP contribution in [0.15, 0.2) is 18.2 Å². The van der Waals surface area contributed by atoms with E-state index in [0.717, 1.165) is 17.4 Å². The Balaban J connectivity index is -0.000000284. The van der Waals surface area contributed by atoms with Gasteiger partial charge in [0.15, 0.2) is 0 Å². The molecule has 0 atom stereocenters. The zero-order valence-electron chi connectivity index (χ0n) is 8.46. The van der Waals surface area contributed by atoms with E-state index in [1.54, 1.807) is 0 Å². The van der Waals surface area contributed by atoms with E-state index in [4.69, 9.17) is 3.67 Å². The van der Waals surface area contributed by atoms with Crippen LogP contribution >= 0.6 is 0 Å². The van der Waals surface area contributed by atoms with E-state index in [1.807, 2.05) is 0 Å². The molecule has 1 aromatic rings. The van der Waals surface area contributed by atoms with Crippen LogP contribution in [0.4, 0.5) is 0 Å². The molecular weight excluding hydrogens is 258 g/mol. The molecule has 0 amide bonds. The van der Waals surface area contributed by atoms with Gasteiger partial charge >= 0.3 is 21.0 Å². The van der Waals surface area contributed by atoms with Gasteiger partial charge in [-0.3, -0.25) is 0 Å². The second-order valence-corrected chi connectivity index (χ2v) is 2.90. The van der Waals surface area contributed by atoms with Crippen molar-refractivity contribution in [3.05, 3.63) is 29.3 Å². The molecule has 1 rings (SSSR count). The fraction of sp³-hybridized carbons (Fsp3) is 0.500. The van der Waals surface area contributed by atoms with E-state index in [0.29, 0.717) is 0 Å². The molecule has 4 heteroatoms. The van der Waals surface area contributed by atoms with Crippen LogP contribution in [-0.2, 0) is 27.5 Å². The van der Waals surface area contributed by atoms with E-state index in [9.17, 15) is 0 Å². The Morgan fingerprint density at radius 3 is 2.29 bits per heavy atom. The Labute approximate surface area is 108 Å². The van der Waals surface area contributed by atoms with Crippen LogP contribution in [0, 0.1) is 6.92 Å². The van der Waals surface area contributed by atoms with Gasteiger partial charge in [-0.05, 0) is 0 Å². The molecule has 1 aromatic carbocycles. The van der Waals surface area contributed by atoms with Crippen molar-refractivity contribution in [2.24, 2.45) is 0 Å². The molecule has 0 saturated carbocycles. The van der Waals surface area contributed by atoms with Crippen molar-refractivity contribution in [2.45, 2.75) is 33.1 Å². The number of rotatable bonds is 3. The first-order valence-corrected chi connectivity index (χ1v) is 4.80.